The summed E-state index contributed by atoms with van der Waals surface area (Å²) in [5.74, 6) is -0.294. The van der Waals surface area contributed by atoms with Crippen molar-refractivity contribution >= 4 is 27.3 Å². The maximum Gasteiger partial charge on any atom is 0.261 e. The molecule has 1 amide bonds. The lowest BCUT2D eigenvalue weighted by molar-refractivity contribution is 0.0384. The van der Waals surface area contributed by atoms with Gasteiger partial charge in [0, 0.05) is 36.6 Å². The Kier molecular flexibility index (Phi) is 7.85. The SMILES string of the molecule is Cc1ccc(NS(=O)(=O)c2ccc(C(=O)Nc3ccc(CCN4CCOCC4)cc3)cc2)cc1C. The average Bonchev–Trinajstić information content (AvgIpc) is 2.86. The second-order valence-electron chi connectivity index (χ2n) is 8.78. The second-order valence-corrected chi connectivity index (χ2v) is 10.5. The molecule has 0 unspecified atom stereocenters. The third-order valence-corrected chi connectivity index (χ3v) is 7.62. The van der Waals surface area contributed by atoms with Gasteiger partial charge in [-0.2, -0.15) is 0 Å². The highest BCUT2D eigenvalue weighted by Gasteiger charge is 2.16. The number of carbonyl (C=O) groups is 1. The highest BCUT2D eigenvalue weighted by molar-refractivity contribution is 7.92. The van der Waals surface area contributed by atoms with Gasteiger partial charge < -0.3 is 10.1 Å². The molecule has 35 heavy (non-hydrogen) atoms. The van der Waals surface area contributed by atoms with Gasteiger partial charge in [-0.25, -0.2) is 8.42 Å². The first-order valence-electron chi connectivity index (χ1n) is 11.7. The predicted molar refractivity (Wildman–Crippen MR) is 139 cm³/mol. The van der Waals surface area contributed by atoms with E-state index in [2.05, 4.69) is 14.9 Å². The van der Waals surface area contributed by atoms with Crippen molar-refractivity contribution in [2.24, 2.45) is 0 Å². The van der Waals surface area contributed by atoms with Crippen molar-refractivity contribution in [2.45, 2.75) is 25.2 Å². The van der Waals surface area contributed by atoms with E-state index in [0.29, 0.717) is 16.9 Å². The molecule has 1 saturated heterocycles. The van der Waals surface area contributed by atoms with E-state index < -0.39 is 10.0 Å². The molecule has 0 aromatic heterocycles. The first kappa shape index (κ1) is 24.9. The van der Waals surface area contributed by atoms with Crippen LogP contribution in [0.2, 0.25) is 0 Å². The number of hydrogen-bond acceptors (Lipinski definition) is 5. The van der Waals surface area contributed by atoms with Gasteiger partial charge in [0.15, 0.2) is 0 Å². The first-order chi connectivity index (χ1) is 16.8. The van der Waals surface area contributed by atoms with Gasteiger partial charge in [-0.1, -0.05) is 18.2 Å². The van der Waals surface area contributed by atoms with E-state index in [9.17, 15) is 13.2 Å². The van der Waals surface area contributed by atoms with Crippen molar-refractivity contribution in [3.05, 3.63) is 89.0 Å². The number of ether oxygens (including phenoxy) is 1. The van der Waals surface area contributed by atoms with E-state index in [1.54, 1.807) is 12.1 Å². The van der Waals surface area contributed by atoms with Crippen LogP contribution in [-0.4, -0.2) is 52.1 Å². The Morgan fingerprint density at radius 1 is 0.886 bits per heavy atom. The summed E-state index contributed by atoms with van der Waals surface area (Å²) in [6.45, 7) is 8.41. The summed E-state index contributed by atoms with van der Waals surface area (Å²) >= 11 is 0. The van der Waals surface area contributed by atoms with Crippen LogP contribution in [0.15, 0.2) is 71.6 Å². The monoisotopic (exact) mass is 493 g/mol. The molecular weight excluding hydrogens is 462 g/mol. The van der Waals surface area contributed by atoms with Crippen molar-refractivity contribution in [2.75, 3.05) is 42.9 Å². The molecule has 0 bridgehead atoms. The number of sulfonamides is 1. The van der Waals surface area contributed by atoms with Crippen LogP contribution in [0, 0.1) is 13.8 Å². The van der Waals surface area contributed by atoms with Gasteiger partial charge in [0.25, 0.3) is 15.9 Å². The van der Waals surface area contributed by atoms with Crippen molar-refractivity contribution in [1.29, 1.82) is 0 Å². The molecule has 0 aliphatic carbocycles. The minimum Gasteiger partial charge on any atom is -0.379 e. The molecule has 1 aliphatic rings. The van der Waals surface area contributed by atoms with E-state index in [1.165, 1.54) is 29.8 Å². The number of nitrogens with zero attached hydrogens (tertiary/aromatic N) is 1. The first-order valence-corrected chi connectivity index (χ1v) is 13.2. The van der Waals surface area contributed by atoms with Crippen LogP contribution >= 0.6 is 0 Å². The lowest BCUT2D eigenvalue weighted by Gasteiger charge is -2.26. The van der Waals surface area contributed by atoms with E-state index in [4.69, 9.17) is 4.74 Å². The lowest BCUT2D eigenvalue weighted by atomic mass is 10.1. The van der Waals surface area contributed by atoms with Crippen LogP contribution in [0.25, 0.3) is 0 Å². The van der Waals surface area contributed by atoms with Gasteiger partial charge in [0.1, 0.15) is 0 Å². The lowest BCUT2D eigenvalue weighted by Crippen LogP contribution is -2.37. The van der Waals surface area contributed by atoms with Gasteiger partial charge in [0.05, 0.1) is 18.1 Å². The van der Waals surface area contributed by atoms with Crippen molar-refractivity contribution < 1.29 is 17.9 Å². The zero-order valence-corrected chi connectivity index (χ0v) is 20.9. The molecule has 7 nitrogen and oxygen atoms in total. The topological polar surface area (TPSA) is 87.7 Å². The highest BCUT2D eigenvalue weighted by Crippen LogP contribution is 2.20. The number of carbonyl (C=O) groups excluding carboxylic acids is 1. The average molecular weight is 494 g/mol. The van der Waals surface area contributed by atoms with Gasteiger partial charge >= 0.3 is 0 Å². The maximum absolute atomic E-state index is 12.7. The fourth-order valence-electron chi connectivity index (χ4n) is 3.87. The summed E-state index contributed by atoms with van der Waals surface area (Å²) in [6.07, 6.45) is 0.945. The molecule has 1 aliphatic heterocycles. The summed E-state index contributed by atoms with van der Waals surface area (Å²) in [5.41, 5.74) is 4.88. The number of anilines is 2. The Labute approximate surface area is 207 Å². The fraction of sp³-hybridized carbons (Fsp3) is 0.296. The molecule has 2 N–H and O–H groups in total. The maximum atomic E-state index is 12.7. The molecule has 1 heterocycles. The van der Waals surface area contributed by atoms with Crippen molar-refractivity contribution in [3.8, 4) is 0 Å². The van der Waals surface area contributed by atoms with Crippen molar-refractivity contribution in [3.63, 3.8) is 0 Å². The van der Waals surface area contributed by atoms with Crippen LogP contribution in [0.5, 0.6) is 0 Å². The predicted octanol–water partition coefficient (Wildman–Crippen LogP) is 4.23. The van der Waals surface area contributed by atoms with E-state index in [-0.39, 0.29) is 10.8 Å². The normalized spacial score (nSPS) is 14.5. The van der Waals surface area contributed by atoms with Crippen molar-refractivity contribution in [1.82, 2.24) is 4.90 Å². The van der Waals surface area contributed by atoms with Crippen LogP contribution < -0.4 is 10.0 Å². The Morgan fingerprint density at radius 3 is 2.20 bits per heavy atom. The Morgan fingerprint density at radius 2 is 1.54 bits per heavy atom. The minimum absolute atomic E-state index is 0.0944. The standard InChI is InChI=1S/C27H31N3O4S/c1-20-3-8-25(19-21(20)2)29-35(32,33)26-11-6-23(7-12-26)27(31)28-24-9-4-22(5-10-24)13-14-30-15-17-34-18-16-30/h3-12,19,29H,13-18H2,1-2H3,(H,28,31). The highest BCUT2D eigenvalue weighted by atomic mass is 32.2. The van der Waals surface area contributed by atoms with E-state index >= 15 is 0 Å². The number of benzene rings is 3. The largest absolute Gasteiger partial charge is 0.379 e. The number of morpholine rings is 1. The zero-order valence-electron chi connectivity index (χ0n) is 20.1. The van der Waals surface area contributed by atoms with Gasteiger partial charge in [0.2, 0.25) is 0 Å². The number of nitrogens with one attached hydrogen (secondary N) is 2. The summed E-state index contributed by atoms with van der Waals surface area (Å²) in [6, 6.07) is 19.1. The van der Waals surface area contributed by atoms with Gasteiger partial charge in [-0.3, -0.25) is 14.4 Å². The van der Waals surface area contributed by atoms with Crippen LogP contribution in [-0.2, 0) is 21.2 Å². The molecule has 1 fully saturated rings. The van der Waals surface area contributed by atoms with Gasteiger partial charge in [-0.15, -0.1) is 0 Å². The summed E-state index contributed by atoms with van der Waals surface area (Å²) in [4.78, 5) is 15.1. The van der Waals surface area contributed by atoms with Gasteiger partial charge in [-0.05, 0) is 85.5 Å². The van der Waals surface area contributed by atoms with Crippen LogP contribution in [0.3, 0.4) is 0 Å². The molecule has 4 rings (SSSR count). The van der Waals surface area contributed by atoms with E-state index in [0.717, 1.165) is 50.4 Å². The summed E-state index contributed by atoms with van der Waals surface area (Å²) < 4.78 is 33.4. The third kappa shape index (κ3) is 6.69. The molecule has 0 spiro atoms. The Balaban J connectivity index is 1.33. The zero-order chi connectivity index (χ0) is 24.8. The molecule has 8 heteroatoms. The number of aryl methyl sites for hydroxylation is 2. The molecule has 0 radical (unpaired) electrons. The summed E-state index contributed by atoms with van der Waals surface area (Å²) in [7, 11) is -3.75. The number of amides is 1. The van der Waals surface area contributed by atoms with E-state index in [1.807, 2.05) is 44.2 Å². The smallest absolute Gasteiger partial charge is 0.261 e. The molecule has 184 valence electrons. The molecular formula is C27H31N3O4S. The van der Waals surface area contributed by atoms with Crippen LogP contribution in [0.4, 0.5) is 11.4 Å². The fourth-order valence-corrected chi connectivity index (χ4v) is 4.92. The molecule has 3 aromatic rings. The minimum atomic E-state index is -3.75. The third-order valence-electron chi connectivity index (χ3n) is 6.22. The Hall–Kier alpha value is -3.20. The number of rotatable bonds is 8. The molecule has 0 atom stereocenters. The second kappa shape index (κ2) is 11.0. The molecule has 0 saturated carbocycles. The summed E-state index contributed by atoms with van der Waals surface area (Å²) in [5, 5.41) is 2.87. The molecule has 3 aromatic carbocycles. The van der Waals surface area contributed by atoms with Crippen LogP contribution in [0.1, 0.15) is 27.0 Å². The number of hydrogen-bond donors (Lipinski definition) is 2. The Bertz CT molecular complexity index is 1270. The quantitative estimate of drug-likeness (QED) is 0.490.